The van der Waals surface area contributed by atoms with Crippen LogP contribution in [-0.4, -0.2) is 27.0 Å². The summed E-state index contributed by atoms with van der Waals surface area (Å²) < 4.78 is 15.3. The number of benzene rings is 2. The average molecular weight is 440 g/mol. The van der Waals surface area contributed by atoms with Crippen LogP contribution in [0.5, 0.6) is 0 Å². The highest BCUT2D eigenvalue weighted by molar-refractivity contribution is 5.93. The normalized spacial score (nSPS) is 15.5. The van der Waals surface area contributed by atoms with Crippen molar-refractivity contribution < 1.29 is 9.18 Å². The molecule has 1 aliphatic heterocycles. The number of rotatable bonds is 5. The van der Waals surface area contributed by atoms with Crippen LogP contribution in [0.4, 0.5) is 10.2 Å². The van der Waals surface area contributed by atoms with Crippen LogP contribution in [0.2, 0.25) is 0 Å². The number of carbonyl (C=O) groups is 1. The fraction of sp³-hybridized carbons (Fsp3) is 0.200. The van der Waals surface area contributed by atoms with Crippen LogP contribution >= 0.6 is 0 Å². The number of nitrogens with one attached hydrogen (secondary N) is 1. The molecule has 1 N–H and O–H groups in total. The standard InChI is InChI=1S/C25H21FN6O/c26-20-4-1-3-19(13-20)21-5-2-12-31(21)24-11-10-23-28-16-22(32(23)30-24)25(33)29-15-18-8-6-17(14-27)7-9-18/h1,3-4,6-11,13,16,21H,2,5,12,15H2,(H,29,33)/t21-/m1/s1. The van der Waals surface area contributed by atoms with Crippen molar-refractivity contribution in [3.63, 3.8) is 0 Å². The molecule has 0 unspecified atom stereocenters. The summed E-state index contributed by atoms with van der Waals surface area (Å²) in [7, 11) is 0. The van der Waals surface area contributed by atoms with Gasteiger partial charge in [-0.3, -0.25) is 4.79 Å². The number of halogens is 1. The van der Waals surface area contributed by atoms with Gasteiger partial charge in [-0.1, -0.05) is 24.3 Å². The van der Waals surface area contributed by atoms with Gasteiger partial charge in [-0.2, -0.15) is 5.26 Å². The maximum absolute atomic E-state index is 13.8. The molecule has 7 nitrogen and oxygen atoms in total. The molecule has 2 aromatic heterocycles. The maximum Gasteiger partial charge on any atom is 0.271 e. The van der Waals surface area contributed by atoms with E-state index < -0.39 is 0 Å². The monoisotopic (exact) mass is 440 g/mol. The first-order chi connectivity index (χ1) is 16.1. The third-order valence-corrected chi connectivity index (χ3v) is 5.90. The van der Waals surface area contributed by atoms with Crippen molar-refractivity contribution in [2.45, 2.75) is 25.4 Å². The summed E-state index contributed by atoms with van der Waals surface area (Å²) in [5, 5.41) is 16.5. The van der Waals surface area contributed by atoms with Gasteiger partial charge in [0.05, 0.1) is 23.9 Å². The van der Waals surface area contributed by atoms with E-state index in [-0.39, 0.29) is 17.8 Å². The quantitative estimate of drug-likeness (QED) is 0.507. The van der Waals surface area contributed by atoms with Crippen LogP contribution in [0.25, 0.3) is 5.65 Å². The lowest BCUT2D eigenvalue weighted by molar-refractivity contribution is 0.0944. The van der Waals surface area contributed by atoms with Gasteiger partial charge in [0.25, 0.3) is 5.91 Å². The second-order valence-electron chi connectivity index (χ2n) is 8.00. The molecular formula is C25H21FN6O. The zero-order chi connectivity index (χ0) is 22.8. The van der Waals surface area contributed by atoms with Crippen molar-refractivity contribution in [3.05, 3.63) is 95.1 Å². The Labute approximate surface area is 190 Å². The molecule has 0 radical (unpaired) electrons. The Bertz CT molecular complexity index is 1360. The highest BCUT2D eigenvalue weighted by atomic mass is 19.1. The minimum absolute atomic E-state index is 0.0304. The molecular weight excluding hydrogens is 419 g/mol. The molecule has 1 aliphatic rings. The highest BCUT2D eigenvalue weighted by Crippen LogP contribution is 2.35. The third-order valence-electron chi connectivity index (χ3n) is 5.90. The lowest BCUT2D eigenvalue weighted by Crippen LogP contribution is -2.26. The van der Waals surface area contributed by atoms with Gasteiger partial charge < -0.3 is 10.2 Å². The first-order valence-corrected chi connectivity index (χ1v) is 10.8. The molecule has 1 fully saturated rings. The zero-order valence-electron chi connectivity index (χ0n) is 17.8. The molecule has 0 bridgehead atoms. The van der Waals surface area contributed by atoms with E-state index in [9.17, 15) is 9.18 Å². The second-order valence-corrected chi connectivity index (χ2v) is 8.00. The minimum atomic E-state index is -0.292. The lowest BCUT2D eigenvalue weighted by atomic mass is 10.0. The smallest absolute Gasteiger partial charge is 0.271 e. The van der Waals surface area contributed by atoms with E-state index in [4.69, 9.17) is 10.4 Å². The molecule has 1 atom stereocenters. The van der Waals surface area contributed by atoms with Gasteiger partial charge in [0.1, 0.15) is 11.6 Å². The van der Waals surface area contributed by atoms with Crippen LogP contribution in [0.3, 0.4) is 0 Å². The third kappa shape index (κ3) is 4.13. The van der Waals surface area contributed by atoms with Gasteiger partial charge in [-0.05, 0) is 60.4 Å². The van der Waals surface area contributed by atoms with Gasteiger partial charge >= 0.3 is 0 Å². The van der Waals surface area contributed by atoms with E-state index in [2.05, 4.69) is 21.3 Å². The van der Waals surface area contributed by atoms with E-state index >= 15 is 0 Å². The fourth-order valence-corrected chi connectivity index (χ4v) is 4.24. The van der Waals surface area contributed by atoms with Gasteiger partial charge in [0, 0.05) is 13.1 Å². The number of aromatic nitrogens is 3. The molecule has 33 heavy (non-hydrogen) atoms. The number of carbonyl (C=O) groups excluding carboxylic acids is 1. The number of hydrogen-bond donors (Lipinski definition) is 1. The van der Waals surface area contributed by atoms with E-state index in [0.29, 0.717) is 29.3 Å². The summed E-state index contributed by atoms with van der Waals surface area (Å²) in [5.74, 6) is 0.173. The largest absolute Gasteiger partial charge is 0.348 e. The van der Waals surface area contributed by atoms with Crippen molar-refractivity contribution >= 4 is 17.4 Å². The Morgan fingerprint density at radius 3 is 2.82 bits per heavy atom. The van der Waals surface area contributed by atoms with Crippen LogP contribution in [0, 0.1) is 17.1 Å². The molecule has 1 amide bonds. The predicted molar refractivity (Wildman–Crippen MR) is 121 cm³/mol. The maximum atomic E-state index is 13.8. The van der Waals surface area contributed by atoms with Crippen LogP contribution in [0.1, 0.15) is 46.1 Å². The van der Waals surface area contributed by atoms with E-state index in [1.54, 1.807) is 28.8 Å². The molecule has 1 saturated heterocycles. The number of nitrogens with zero attached hydrogens (tertiary/aromatic N) is 5. The summed E-state index contributed by atoms with van der Waals surface area (Å²) in [6.45, 7) is 1.12. The van der Waals surface area contributed by atoms with Crippen molar-refractivity contribution in [3.8, 4) is 6.07 Å². The molecule has 4 aromatic rings. The fourth-order valence-electron chi connectivity index (χ4n) is 4.24. The summed E-state index contributed by atoms with van der Waals surface area (Å²) in [4.78, 5) is 19.3. The molecule has 3 heterocycles. The first-order valence-electron chi connectivity index (χ1n) is 10.8. The predicted octanol–water partition coefficient (Wildman–Crippen LogP) is 4.01. The Kier molecular flexibility index (Phi) is 5.45. The first kappa shape index (κ1) is 20.6. The molecule has 0 spiro atoms. The van der Waals surface area contributed by atoms with Crippen LogP contribution in [0.15, 0.2) is 66.9 Å². The highest BCUT2D eigenvalue weighted by Gasteiger charge is 2.28. The van der Waals surface area contributed by atoms with E-state index in [0.717, 1.165) is 30.5 Å². The van der Waals surface area contributed by atoms with Gasteiger partial charge in [0.2, 0.25) is 0 Å². The average Bonchev–Trinajstić information content (AvgIpc) is 3.50. The van der Waals surface area contributed by atoms with Crippen molar-refractivity contribution in [2.24, 2.45) is 0 Å². The van der Waals surface area contributed by atoms with Gasteiger partial charge in [-0.15, -0.1) is 5.10 Å². The topological polar surface area (TPSA) is 86.3 Å². The van der Waals surface area contributed by atoms with Crippen molar-refractivity contribution in [1.82, 2.24) is 19.9 Å². The SMILES string of the molecule is N#Cc1ccc(CNC(=O)c2cnc3ccc(N4CCC[C@@H]4c4cccc(F)c4)nn23)cc1. The number of fused-ring (bicyclic) bond motifs is 1. The lowest BCUT2D eigenvalue weighted by Gasteiger charge is -2.26. The Balaban J connectivity index is 1.38. The second kappa shape index (κ2) is 8.71. The Morgan fingerprint density at radius 1 is 1.18 bits per heavy atom. The van der Waals surface area contributed by atoms with Gasteiger partial charge in [0.15, 0.2) is 11.3 Å². The number of hydrogen-bond acceptors (Lipinski definition) is 5. The molecule has 8 heteroatoms. The number of nitriles is 1. The van der Waals surface area contributed by atoms with E-state index in [1.165, 1.54) is 12.3 Å². The Hall–Kier alpha value is -4.25. The molecule has 2 aromatic carbocycles. The Morgan fingerprint density at radius 2 is 2.03 bits per heavy atom. The number of imidazole rings is 1. The zero-order valence-corrected chi connectivity index (χ0v) is 17.8. The molecule has 0 aliphatic carbocycles. The van der Waals surface area contributed by atoms with E-state index in [1.807, 2.05) is 30.3 Å². The number of anilines is 1. The van der Waals surface area contributed by atoms with Crippen LogP contribution in [-0.2, 0) is 6.54 Å². The van der Waals surface area contributed by atoms with Crippen molar-refractivity contribution in [2.75, 3.05) is 11.4 Å². The molecule has 0 saturated carbocycles. The summed E-state index contributed by atoms with van der Waals surface area (Å²) in [5.41, 5.74) is 3.29. The van der Waals surface area contributed by atoms with Crippen molar-refractivity contribution in [1.29, 1.82) is 5.26 Å². The van der Waals surface area contributed by atoms with Gasteiger partial charge in [-0.25, -0.2) is 13.9 Å². The minimum Gasteiger partial charge on any atom is -0.348 e. The summed E-state index contributed by atoms with van der Waals surface area (Å²) in [6.07, 6.45) is 3.39. The number of amides is 1. The molecule has 164 valence electrons. The molecule has 5 rings (SSSR count). The summed E-state index contributed by atoms with van der Waals surface area (Å²) in [6, 6.07) is 19.6. The van der Waals surface area contributed by atoms with Crippen LogP contribution < -0.4 is 10.2 Å². The summed E-state index contributed by atoms with van der Waals surface area (Å²) >= 11 is 0.